The topological polar surface area (TPSA) is 55.0 Å². The fraction of sp³-hybridized carbons (Fsp3) is 0.667. The zero-order valence-corrected chi connectivity index (χ0v) is 11.3. The lowest BCUT2D eigenvalue weighted by Gasteiger charge is -2.37. The van der Waals surface area contributed by atoms with Crippen LogP contribution in [0, 0.1) is 11.8 Å². The molecule has 1 aliphatic heterocycles. The molecular weight excluding hydrogens is 232 g/mol. The first-order chi connectivity index (χ1) is 8.24. The molecule has 4 nitrogen and oxygen atoms in total. The Morgan fingerprint density at radius 2 is 2.35 bits per heavy atom. The van der Waals surface area contributed by atoms with Gasteiger partial charge >= 0.3 is 0 Å². The number of nitrogens with zero attached hydrogens (tertiary/aromatic N) is 3. The van der Waals surface area contributed by atoms with E-state index in [1.165, 1.54) is 6.42 Å². The Kier molecular flexibility index (Phi) is 4.23. The Balaban J connectivity index is 2.11. The third kappa shape index (κ3) is 2.90. The van der Waals surface area contributed by atoms with Crippen molar-refractivity contribution < 1.29 is 0 Å². The van der Waals surface area contributed by atoms with Crippen molar-refractivity contribution in [2.75, 3.05) is 30.8 Å². The monoisotopic (exact) mass is 252 g/mol. The van der Waals surface area contributed by atoms with E-state index < -0.39 is 0 Å². The highest BCUT2D eigenvalue weighted by Crippen LogP contribution is 2.26. The number of nitrogens with two attached hydrogens (primary N) is 1. The molecule has 2 unspecified atom stereocenters. The number of aromatic nitrogens is 2. The third-order valence-electron chi connectivity index (χ3n) is 3.58. The van der Waals surface area contributed by atoms with Crippen LogP contribution in [0.2, 0.25) is 0 Å². The standard InChI is InChI=1S/C12H20N4S/c1-9-3-4-16(7-10(9)6-13)11-5-12(17-2)15-8-14-11/h5,8-10H,3-4,6-7,13H2,1-2H3. The summed E-state index contributed by atoms with van der Waals surface area (Å²) in [6, 6.07) is 2.06. The number of hydrogen-bond donors (Lipinski definition) is 1. The average molecular weight is 252 g/mol. The number of piperidine rings is 1. The SMILES string of the molecule is CSc1cc(N2CCC(C)C(CN)C2)ncn1. The number of hydrogen-bond acceptors (Lipinski definition) is 5. The second-order valence-electron chi connectivity index (χ2n) is 4.63. The van der Waals surface area contributed by atoms with E-state index in [-0.39, 0.29) is 0 Å². The van der Waals surface area contributed by atoms with Crippen LogP contribution in [-0.2, 0) is 0 Å². The van der Waals surface area contributed by atoms with Crippen molar-refractivity contribution in [2.45, 2.75) is 18.4 Å². The van der Waals surface area contributed by atoms with E-state index in [4.69, 9.17) is 5.73 Å². The predicted octanol–water partition coefficient (Wildman–Crippen LogP) is 1.62. The van der Waals surface area contributed by atoms with Crippen LogP contribution < -0.4 is 10.6 Å². The van der Waals surface area contributed by atoms with E-state index >= 15 is 0 Å². The molecule has 94 valence electrons. The fourth-order valence-electron chi connectivity index (χ4n) is 2.28. The zero-order valence-electron chi connectivity index (χ0n) is 10.5. The highest BCUT2D eigenvalue weighted by Gasteiger charge is 2.25. The lowest BCUT2D eigenvalue weighted by molar-refractivity contribution is 0.306. The van der Waals surface area contributed by atoms with Gasteiger partial charge in [0.05, 0.1) is 0 Å². The number of thioether (sulfide) groups is 1. The molecule has 0 amide bonds. The van der Waals surface area contributed by atoms with Crippen LogP contribution in [0.25, 0.3) is 0 Å². The molecule has 1 aromatic rings. The molecule has 1 aromatic heterocycles. The molecule has 2 rings (SSSR count). The first-order valence-electron chi connectivity index (χ1n) is 6.05. The van der Waals surface area contributed by atoms with Gasteiger partial charge in [0.1, 0.15) is 17.2 Å². The van der Waals surface area contributed by atoms with Gasteiger partial charge in [0.15, 0.2) is 0 Å². The highest BCUT2D eigenvalue weighted by atomic mass is 32.2. The van der Waals surface area contributed by atoms with Crippen molar-refractivity contribution in [3.63, 3.8) is 0 Å². The minimum absolute atomic E-state index is 0.580. The molecule has 0 saturated carbocycles. The molecule has 5 heteroatoms. The quantitative estimate of drug-likeness (QED) is 0.654. The van der Waals surface area contributed by atoms with E-state index in [0.29, 0.717) is 5.92 Å². The summed E-state index contributed by atoms with van der Waals surface area (Å²) in [5.74, 6) is 2.34. The summed E-state index contributed by atoms with van der Waals surface area (Å²) >= 11 is 1.65. The maximum Gasteiger partial charge on any atom is 0.133 e. The summed E-state index contributed by atoms with van der Waals surface area (Å²) in [6.45, 7) is 5.14. The zero-order chi connectivity index (χ0) is 12.3. The first kappa shape index (κ1) is 12.6. The van der Waals surface area contributed by atoms with Gasteiger partial charge < -0.3 is 10.6 Å². The Hall–Kier alpha value is -0.810. The van der Waals surface area contributed by atoms with E-state index in [1.807, 2.05) is 6.26 Å². The Morgan fingerprint density at radius 1 is 1.53 bits per heavy atom. The van der Waals surface area contributed by atoms with E-state index in [9.17, 15) is 0 Å². The Morgan fingerprint density at radius 3 is 3.06 bits per heavy atom. The summed E-state index contributed by atoms with van der Waals surface area (Å²) < 4.78 is 0. The Bertz CT molecular complexity index is 371. The van der Waals surface area contributed by atoms with Gasteiger partial charge in [-0.3, -0.25) is 0 Å². The van der Waals surface area contributed by atoms with Gasteiger partial charge in [-0.05, 0) is 31.1 Å². The van der Waals surface area contributed by atoms with E-state index in [2.05, 4.69) is 27.9 Å². The van der Waals surface area contributed by atoms with Crippen LogP contribution in [0.4, 0.5) is 5.82 Å². The Labute approximate surface area is 107 Å². The van der Waals surface area contributed by atoms with Gasteiger partial charge in [-0.1, -0.05) is 6.92 Å². The largest absolute Gasteiger partial charge is 0.356 e. The molecule has 0 aromatic carbocycles. The molecule has 1 aliphatic rings. The van der Waals surface area contributed by atoms with Crippen LogP contribution in [0.15, 0.2) is 17.4 Å². The first-order valence-corrected chi connectivity index (χ1v) is 7.28. The van der Waals surface area contributed by atoms with E-state index in [1.54, 1.807) is 18.1 Å². The van der Waals surface area contributed by atoms with Crippen molar-refractivity contribution in [2.24, 2.45) is 17.6 Å². The van der Waals surface area contributed by atoms with Gasteiger partial charge in [0.2, 0.25) is 0 Å². The lowest BCUT2D eigenvalue weighted by atomic mass is 9.87. The number of anilines is 1. The minimum Gasteiger partial charge on any atom is -0.356 e. The van der Waals surface area contributed by atoms with Crippen LogP contribution in [0.5, 0.6) is 0 Å². The molecule has 2 atom stereocenters. The van der Waals surface area contributed by atoms with Gasteiger partial charge in [-0.25, -0.2) is 9.97 Å². The third-order valence-corrected chi connectivity index (χ3v) is 4.22. The highest BCUT2D eigenvalue weighted by molar-refractivity contribution is 7.98. The molecular formula is C12H20N4S. The van der Waals surface area contributed by atoms with Gasteiger partial charge in [0, 0.05) is 19.2 Å². The van der Waals surface area contributed by atoms with Crippen molar-refractivity contribution in [3.05, 3.63) is 12.4 Å². The van der Waals surface area contributed by atoms with Crippen molar-refractivity contribution >= 4 is 17.6 Å². The molecule has 1 saturated heterocycles. The van der Waals surface area contributed by atoms with Crippen LogP contribution in [-0.4, -0.2) is 35.9 Å². The molecule has 0 radical (unpaired) electrons. The normalized spacial score (nSPS) is 25.0. The lowest BCUT2D eigenvalue weighted by Crippen LogP contribution is -2.43. The number of rotatable bonds is 3. The molecule has 2 heterocycles. The van der Waals surface area contributed by atoms with E-state index in [0.717, 1.165) is 36.4 Å². The van der Waals surface area contributed by atoms with Crippen LogP contribution >= 0.6 is 11.8 Å². The molecule has 2 N–H and O–H groups in total. The smallest absolute Gasteiger partial charge is 0.133 e. The molecule has 0 aliphatic carbocycles. The van der Waals surface area contributed by atoms with Crippen LogP contribution in [0.1, 0.15) is 13.3 Å². The average Bonchev–Trinajstić information content (AvgIpc) is 2.39. The minimum atomic E-state index is 0.580. The second-order valence-corrected chi connectivity index (χ2v) is 5.45. The van der Waals surface area contributed by atoms with Gasteiger partial charge in [0.25, 0.3) is 0 Å². The van der Waals surface area contributed by atoms with Crippen molar-refractivity contribution in [1.82, 2.24) is 9.97 Å². The summed E-state index contributed by atoms with van der Waals surface area (Å²) in [5, 5.41) is 1.03. The second kappa shape index (κ2) is 5.69. The maximum absolute atomic E-state index is 5.83. The van der Waals surface area contributed by atoms with Gasteiger partial charge in [-0.15, -0.1) is 11.8 Å². The fourth-order valence-corrected chi connectivity index (χ4v) is 2.65. The maximum atomic E-state index is 5.83. The van der Waals surface area contributed by atoms with Gasteiger partial charge in [-0.2, -0.15) is 0 Å². The summed E-state index contributed by atoms with van der Waals surface area (Å²) in [7, 11) is 0. The van der Waals surface area contributed by atoms with Crippen molar-refractivity contribution in [1.29, 1.82) is 0 Å². The summed E-state index contributed by atoms with van der Waals surface area (Å²) in [5.41, 5.74) is 5.83. The van der Waals surface area contributed by atoms with Crippen LogP contribution in [0.3, 0.4) is 0 Å². The van der Waals surface area contributed by atoms with Crippen molar-refractivity contribution in [3.8, 4) is 0 Å². The molecule has 0 bridgehead atoms. The molecule has 0 spiro atoms. The summed E-state index contributed by atoms with van der Waals surface area (Å²) in [4.78, 5) is 10.9. The molecule has 17 heavy (non-hydrogen) atoms. The molecule has 1 fully saturated rings. The summed E-state index contributed by atoms with van der Waals surface area (Å²) in [6.07, 6.45) is 4.88. The predicted molar refractivity (Wildman–Crippen MR) is 72.4 cm³/mol.